The first kappa shape index (κ1) is 34.0. The van der Waals surface area contributed by atoms with Gasteiger partial charge in [0.2, 0.25) is 0 Å². The molecule has 3 aromatic heterocycles. The molecule has 0 fully saturated rings. The number of para-hydroxylation sites is 3. The van der Waals surface area contributed by atoms with Gasteiger partial charge in [-0.25, -0.2) is 15.0 Å². The van der Waals surface area contributed by atoms with Gasteiger partial charge in [-0.3, -0.25) is 0 Å². The maximum absolute atomic E-state index is 6.69. The summed E-state index contributed by atoms with van der Waals surface area (Å²) < 4.78 is 13.3. The van der Waals surface area contributed by atoms with Crippen LogP contribution < -0.4 is 0 Å². The number of nitrogens with zero attached hydrogens (tertiary/aromatic N) is 3. The highest BCUT2D eigenvalue weighted by atomic mass is 16.3. The van der Waals surface area contributed by atoms with E-state index in [1.54, 1.807) is 0 Å². The van der Waals surface area contributed by atoms with Crippen molar-refractivity contribution in [2.24, 2.45) is 0 Å². The molecule has 1 atom stereocenters. The summed E-state index contributed by atoms with van der Waals surface area (Å²) in [5.74, 6) is 1.74. The van der Waals surface area contributed by atoms with Gasteiger partial charge in [0.15, 0.2) is 17.5 Å². The Bertz CT molecular complexity index is 3730. The molecule has 1 unspecified atom stereocenters. The molecular weight excluding hydrogens is 747 g/mol. The molecule has 1 aliphatic rings. The van der Waals surface area contributed by atoms with Gasteiger partial charge in [0.1, 0.15) is 22.3 Å². The summed E-state index contributed by atoms with van der Waals surface area (Å²) in [6.45, 7) is 0. The lowest BCUT2D eigenvalue weighted by Gasteiger charge is -2.23. The summed E-state index contributed by atoms with van der Waals surface area (Å²) in [6.07, 6.45) is 1.78. The molecule has 9 aromatic carbocycles. The van der Waals surface area contributed by atoms with E-state index in [0.29, 0.717) is 17.5 Å². The van der Waals surface area contributed by atoms with Crippen molar-refractivity contribution in [3.63, 3.8) is 0 Å². The molecule has 286 valence electrons. The Morgan fingerprint density at radius 1 is 0.393 bits per heavy atom. The lowest BCUT2D eigenvalue weighted by Crippen LogP contribution is -2.08. The highest BCUT2D eigenvalue weighted by molar-refractivity contribution is 6.10. The summed E-state index contributed by atoms with van der Waals surface area (Å²) in [4.78, 5) is 16.0. The number of hydrogen-bond donors (Lipinski definition) is 0. The van der Waals surface area contributed by atoms with Crippen LogP contribution in [0.15, 0.2) is 191 Å². The Balaban J connectivity index is 1.12. The molecule has 13 rings (SSSR count). The van der Waals surface area contributed by atoms with Crippen LogP contribution in [0.25, 0.3) is 111 Å². The molecular formula is C56H35N3O2. The zero-order chi connectivity index (χ0) is 40.0. The fourth-order valence-electron chi connectivity index (χ4n) is 9.93. The Morgan fingerprint density at radius 3 is 1.85 bits per heavy atom. The van der Waals surface area contributed by atoms with E-state index in [1.165, 1.54) is 43.8 Å². The topological polar surface area (TPSA) is 65.0 Å². The average Bonchev–Trinajstić information content (AvgIpc) is 3.84. The van der Waals surface area contributed by atoms with Gasteiger partial charge in [-0.15, -0.1) is 0 Å². The molecule has 3 heterocycles. The molecule has 61 heavy (non-hydrogen) atoms. The molecule has 0 amide bonds. The first-order valence-corrected chi connectivity index (χ1v) is 20.9. The molecule has 0 bridgehead atoms. The van der Waals surface area contributed by atoms with Crippen LogP contribution in [0.2, 0.25) is 0 Å². The highest BCUT2D eigenvalue weighted by Crippen LogP contribution is 2.49. The van der Waals surface area contributed by atoms with E-state index in [9.17, 15) is 0 Å². The predicted octanol–water partition coefficient (Wildman–Crippen LogP) is 14.7. The lowest BCUT2D eigenvalue weighted by atomic mass is 9.80. The van der Waals surface area contributed by atoms with Crippen LogP contribution >= 0.6 is 0 Å². The average molecular weight is 782 g/mol. The van der Waals surface area contributed by atoms with E-state index in [4.69, 9.17) is 23.8 Å². The molecule has 0 radical (unpaired) electrons. The van der Waals surface area contributed by atoms with Crippen LogP contribution in [0.5, 0.6) is 0 Å². The van der Waals surface area contributed by atoms with Crippen molar-refractivity contribution < 1.29 is 8.83 Å². The maximum Gasteiger partial charge on any atom is 0.167 e. The van der Waals surface area contributed by atoms with Gasteiger partial charge in [-0.2, -0.15) is 0 Å². The van der Waals surface area contributed by atoms with Crippen LogP contribution in [-0.2, 0) is 6.42 Å². The van der Waals surface area contributed by atoms with Gasteiger partial charge in [-0.1, -0.05) is 146 Å². The van der Waals surface area contributed by atoms with E-state index >= 15 is 0 Å². The van der Waals surface area contributed by atoms with E-state index in [2.05, 4.69) is 133 Å². The number of furan rings is 2. The van der Waals surface area contributed by atoms with Gasteiger partial charge in [-0.05, 0) is 98.6 Å². The second-order valence-corrected chi connectivity index (χ2v) is 16.2. The number of aromatic nitrogens is 3. The van der Waals surface area contributed by atoms with Crippen molar-refractivity contribution in [1.29, 1.82) is 0 Å². The number of hydrogen-bond acceptors (Lipinski definition) is 5. The first-order chi connectivity index (χ1) is 30.2. The summed E-state index contributed by atoms with van der Waals surface area (Å²) in [6, 6.07) is 64.4. The standard InChI is InChI=1S/C56H35N3O2/c1-2-14-34(15-3-1)54-57-55(44-22-12-21-43-39-19-8-11-24-50(39)61-53(43)44)59-56(58-54)48-31-47-40-20-9-10-23-49(40)60-51(47)32-46(48)42-28-26-37-29-35-16-4-5-17-36(35)30-45(37)41-27-25-33-13-6-7-18-38(33)52(41)42/h1-25,27,29-32,42H,26,28H2. The number of benzene rings is 9. The van der Waals surface area contributed by atoms with Crippen molar-refractivity contribution in [3.8, 4) is 45.3 Å². The molecule has 0 spiro atoms. The second kappa shape index (κ2) is 13.3. The number of aryl methyl sites for hydroxylation is 1. The van der Waals surface area contributed by atoms with Crippen LogP contribution in [0.1, 0.15) is 29.0 Å². The third-order valence-corrected chi connectivity index (χ3v) is 12.8. The molecule has 0 saturated carbocycles. The molecule has 0 N–H and O–H groups in total. The van der Waals surface area contributed by atoms with Crippen LogP contribution in [0.3, 0.4) is 0 Å². The van der Waals surface area contributed by atoms with E-state index in [-0.39, 0.29) is 5.92 Å². The smallest absolute Gasteiger partial charge is 0.167 e. The number of fused-ring (bicyclic) bond motifs is 12. The van der Waals surface area contributed by atoms with E-state index in [1.807, 2.05) is 48.5 Å². The van der Waals surface area contributed by atoms with Crippen LogP contribution in [-0.4, -0.2) is 15.0 Å². The molecule has 1 aliphatic carbocycles. The fraction of sp³-hybridized carbons (Fsp3) is 0.0536. The fourth-order valence-corrected chi connectivity index (χ4v) is 9.93. The minimum atomic E-state index is -0.0246. The van der Waals surface area contributed by atoms with Crippen molar-refractivity contribution in [3.05, 3.63) is 199 Å². The molecule has 0 saturated heterocycles. The minimum Gasteiger partial charge on any atom is -0.456 e. The highest BCUT2D eigenvalue weighted by Gasteiger charge is 2.30. The zero-order valence-corrected chi connectivity index (χ0v) is 33.0. The van der Waals surface area contributed by atoms with Gasteiger partial charge in [0.05, 0.1) is 5.56 Å². The van der Waals surface area contributed by atoms with Crippen molar-refractivity contribution in [1.82, 2.24) is 15.0 Å². The Hall–Kier alpha value is -7.89. The monoisotopic (exact) mass is 781 g/mol. The normalized spacial score (nSPS) is 13.9. The predicted molar refractivity (Wildman–Crippen MR) is 248 cm³/mol. The molecule has 5 heteroatoms. The van der Waals surface area contributed by atoms with Crippen molar-refractivity contribution in [2.45, 2.75) is 18.8 Å². The Labute approximate surface area is 350 Å². The van der Waals surface area contributed by atoms with Gasteiger partial charge in [0.25, 0.3) is 0 Å². The van der Waals surface area contributed by atoms with Gasteiger partial charge in [0, 0.05) is 38.6 Å². The minimum absolute atomic E-state index is 0.0246. The Morgan fingerprint density at radius 2 is 1.03 bits per heavy atom. The van der Waals surface area contributed by atoms with Crippen LogP contribution in [0, 0.1) is 0 Å². The van der Waals surface area contributed by atoms with Gasteiger partial charge < -0.3 is 8.83 Å². The summed E-state index contributed by atoms with van der Waals surface area (Å²) >= 11 is 0. The number of rotatable bonds is 4. The summed E-state index contributed by atoms with van der Waals surface area (Å²) in [5, 5.41) is 9.14. The maximum atomic E-state index is 6.69. The molecule has 5 nitrogen and oxygen atoms in total. The third kappa shape index (κ3) is 5.37. The third-order valence-electron chi connectivity index (χ3n) is 12.8. The quantitative estimate of drug-likeness (QED) is 0.178. The van der Waals surface area contributed by atoms with Gasteiger partial charge >= 0.3 is 0 Å². The molecule has 12 aromatic rings. The van der Waals surface area contributed by atoms with Crippen molar-refractivity contribution >= 4 is 65.4 Å². The summed E-state index contributed by atoms with van der Waals surface area (Å²) in [5.41, 5.74) is 12.3. The van der Waals surface area contributed by atoms with Crippen LogP contribution in [0.4, 0.5) is 0 Å². The zero-order valence-electron chi connectivity index (χ0n) is 33.0. The van der Waals surface area contributed by atoms with E-state index in [0.717, 1.165) is 79.0 Å². The SMILES string of the molecule is c1ccc(-c2nc(-c3cc4c(cc3C3CCc5cc6ccccc6cc5-c5ccc6ccccc6c53)oc3ccccc34)nc(-c3cccc4c3oc3ccccc34)n2)cc1. The second-order valence-electron chi connectivity index (χ2n) is 16.2. The lowest BCUT2D eigenvalue weighted by molar-refractivity contribution is 0.665. The summed E-state index contributed by atoms with van der Waals surface area (Å²) in [7, 11) is 0. The molecule has 0 aliphatic heterocycles. The Kier molecular flexibility index (Phi) is 7.43. The van der Waals surface area contributed by atoms with Crippen molar-refractivity contribution in [2.75, 3.05) is 0 Å². The first-order valence-electron chi connectivity index (χ1n) is 20.9. The largest absolute Gasteiger partial charge is 0.456 e. The van der Waals surface area contributed by atoms with E-state index < -0.39 is 0 Å².